The molecule has 24 heavy (non-hydrogen) atoms. The highest BCUT2D eigenvalue weighted by Gasteiger charge is 2.30. The predicted octanol–water partition coefficient (Wildman–Crippen LogP) is 2.46. The SMILES string of the molecule is O=C(COc1ccccc1-c1ccccc1)O[C@@H]1CCS(=O)(=O)C1. The number of para-hydroxylation sites is 1. The first-order chi connectivity index (χ1) is 11.5. The van der Waals surface area contributed by atoms with Crippen LogP contribution in [-0.4, -0.2) is 38.6 Å². The van der Waals surface area contributed by atoms with Gasteiger partial charge in [-0.2, -0.15) is 0 Å². The van der Waals surface area contributed by atoms with E-state index in [0.717, 1.165) is 11.1 Å². The molecule has 0 radical (unpaired) electrons. The summed E-state index contributed by atoms with van der Waals surface area (Å²) < 4.78 is 33.5. The first-order valence-electron chi connectivity index (χ1n) is 7.71. The van der Waals surface area contributed by atoms with Gasteiger partial charge in [-0.05, 0) is 18.1 Å². The number of rotatable bonds is 5. The number of sulfone groups is 1. The standard InChI is InChI=1S/C18H18O5S/c19-18(23-15-10-11-24(20,21)13-15)12-22-17-9-5-4-8-16(17)14-6-2-1-3-7-14/h1-9,15H,10-13H2/t15-/m1/s1. The van der Waals surface area contributed by atoms with Gasteiger partial charge < -0.3 is 9.47 Å². The predicted molar refractivity (Wildman–Crippen MR) is 90.5 cm³/mol. The minimum atomic E-state index is -3.07. The van der Waals surface area contributed by atoms with Crippen LogP contribution in [0.5, 0.6) is 5.75 Å². The molecule has 0 aliphatic carbocycles. The Morgan fingerprint density at radius 3 is 2.46 bits per heavy atom. The highest BCUT2D eigenvalue weighted by Crippen LogP contribution is 2.29. The van der Waals surface area contributed by atoms with Crippen LogP contribution in [0.15, 0.2) is 54.6 Å². The Labute approximate surface area is 141 Å². The maximum absolute atomic E-state index is 11.9. The lowest BCUT2D eigenvalue weighted by molar-refractivity contribution is -0.150. The van der Waals surface area contributed by atoms with Gasteiger partial charge in [-0.15, -0.1) is 0 Å². The van der Waals surface area contributed by atoms with Crippen LogP contribution in [0, 0.1) is 0 Å². The Morgan fingerprint density at radius 2 is 1.75 bits per heavy atom. The maximum Gasteiger partial charge on any atom is 0.344 e. The lowest BCUT2D eigenvalue weighted by Crippen LogP contribution is -2.23. The van der Waals surface area contributed by atoms with Gasteiger partial charge in [0.1, 0.15) is 11.9 Å². The zero-order chi connectivity index (χ0) is 17.0. The lowest BCUT2D eigenvalue weighted by Gasteiger charge is -2.13. The number of benzene rings is 2. The van der Waals surface area contributed by atoms with E-state index in [9.17, 15) is 13.2 Å². The molecule has 0 unspecified atom stereocenters. The molecule has 1 heterocycles. The van der Waals surface area contributed by atoms with E-state index in [1.165, 1.54) is 0 Å². The molecule has 0 saturated carbocycles. The summed E-state index contributed by atoms with van der Waals surface area (Å²) in [6, 6.07) is 17.2. The van der Waals surface area contributed by atoms with Gasteiger partial charge in [0, 0.05) is 5.56 Å². The van der Waals surface area contributed by atoms with Crippen molar-refractivity contribution in [3.05, 3.63) is 54.6 Å². The van der Waals surface area contributed by atoms with E-state index < -0.39 is 21.9 Å². The second kappa shape index (κ2) is 7.05. The van der Waals surface area contributed by atoms with Crippen molar-refractivity contribution in [3.63, 3.8) is 0 Å². The highest BCUT2D eigenvalue weighted by atomic mass is 32.2. The molecule has 1 atom stereocenters. The quantitative estimate of drug-likeness (QED) is 0.778. The third-order valence-electron chi connectivity index (χ3n) is 3.81. The Hall–Kier alpha value is -2.34. The minimum absolute atomic E-state index is 0.0721. The summed E-state index contributed by atoms with van der Waals surface area (Å²) in [5, 5.41) is 0. The number of carbonyl (C=O) groups is 1. The summed E-state index contributed by atoms with van der Waals surface area (Å²) in [5.74, 6) is 0.00165. The van der Waals surface area contributed by atoms with Crippen molar-refractivity contribution >= 4 is 15.8 Å². The molecule has 126 valence electrons. The number of hydrogen-bond donors (Lipinski definition) is 0. The van der Waals surface area contributed by atoms with E-state index in [1.807, 2.05) is 48.5 Å². The van der Waals surface area contributed by atoms with E-state index in [2.05, 4.69) is 0 Å². The average molecular weight is 346 g/mol. The van der Waals surface area contributed by atoms with Gasteiger partial charge in [0.05, 0.1) is 11.5 Å². The summed E-state index contributed by atoms with van der Waals surface area (Å²) in [6.07, 6.45) is -0.204. The van der Waals surface area contributed by atoms with Gasteiger partial charge in [-0.25, -0.2) is 13.2 Å². The Bertz CT molecular complexity index is 814. The van der Waals surface area contributed by atoms with Gasteiger partial charge in [0.2, 0.25) is 0 Å². The van der Waals surface area contributed by atoms with E-state index in [1.54, 1.807) is 6.07 Å². The molecule has 6 heteroatoms. The van der Waals surface area contributed by atoms with Crippen LogP contribution in [0.1, 0.15) is 6.42 Å². The first kappa shape index (κ1) is 16.5. The molecular formula is C18H18O5S. The number of carbonyl (C=O) groups excluding carboxylic acids is 1. The number of esters is 1. The Morgan fingerprint density at radius 1 is 1.04 bits per heavy atom. The van der Waals surface area contributed by atoms with Crippen molar-refractivity contribution in [2.24, 2.45) is 0 Å². The van der Waals surface area contributed by atoms with Crippen molar-refractivity contribution in [2.75, 3.05) is 18.1 Å². The fraction of sp³-hybridized carbons (Fsp3) is 0.278. The lowest BCUT2D eigenvalue weighted by atomic mass is 10.1. The van der Waals surface area contributed by atoms with Gasteiger partial charge in [-0.1, -0.05) is 48.5 Å². The van der Waals surface area contributed by atoms with Gasteiger partial charge in [-0.3, -0.25) is 0 Å². The van der Waals surface area contributed by atoms with Crippen LogP contribution >= 0.6 is 0 Å². The molecule has 2 aromatic carbocycles. The summed E-state index contributed by atoms with van der Waals surface area (Å²) >= 11 is 0. The van der Waals surface area contributed by atoms with E-state index in [-0.39, 0.29) is 18.1 Å². The molecule has 1 aliphatic heterocycles. The van der Waals surface area contributed by atoms with Crippen LogP contribution in [0.4, 0.5) is 0 Å². The van der Waals surface area contributed by atoms with Crippen LogP contribution in [-0.2, 0) is 19.4 Å². The molecule has 0 N–H and O–H groups in total. The van der Waals surface area contributed by atoms with Gasteiger partial charge >= 0.3 is 5.97 Å². The first-order valence-corrected chi connectivity index (χ1v) is 9.53. The third-order valence-corrected chi connectivity index (χ3v) is 5.54. The molecule has 1 saturated heterocycles. The van der Waals surface area contributed by atoms with E-state index in [0.29, 0.717) is 12.2 Å². The second-order valence-corrected chi connectivity index (χ2v) is 7.89. The van der Waals surface area contributed by atoms with E-state index >= 15 is 0 Å². The number of ether oxygens (including phenoxy) is 2. The zero-order valence-corrected chi connectivity index (χ0v) is 13.9. The Balaban J connectivity index is 1.62. The monoisotopic (exact) mass is 346 g/mol. The summed E-state index contributed by atoms with van der Waals surface area (Å²) in [7, 11) is -3.07. The molecule has 0 amide bonds. The molecule has 3 rings (SSSR count). The molecule has 1 aliphatic rings. The van der Waals surface area contributed by atoms with Crippen LogP contribution in [0.25, 0.3) is 11.1 Å². The summed E-state index contributed by atoms with van der Waals surface area (Å²) in [6.45, 7) is -0.250. The van der Waals surface area contributed by atoms with E-state index in [4.69, 9.17) is 9.47 Å². The van der Waals surface area contributed by atoms with Gasteiger partial charge in [0.25, 0.3) is 0 Å². The number of hydrogen-bond acceptors (Lipinski definition) is 5. The Kier molecular flexibility index (Phi) is 4.85. The maximum atomic E-state index is 11.9. The topological polar surface area (TPSA) is 69.7 Å². The van der Waals surface area contributed by atoms with Crippen LogP contribution in [0.3, 0.4) is 0 Å². The van der Waals surface area contributed by atoms with Crippen molar-refractivity contribution in [2.45, 2.75) is 12.5 Å². The van der Waals surface area contributed by atoms with Gasteiger partial charge in [0.15, 0.2) is 16.4 Å². The molecular weight excluding hydrogens is 328 g/mol. The fourth-order valence-electron chi connectivity index (χ4n) is 2.66. The highest BCUT2D eigenvalue weighted by molar-refractivity contribution is 7.91. The minimum Gasteiger partial charge on any atom is -0.481 e. The normalized spacial score (nSPS) is 18.9. The molecule has 1 fully saturated rings. The summed E-state index contributed by atoms with van der Waals surface area (Å²) in [5.41, 5.74) is 1.87. The largest absolute Gasteiger partial charge is 0.481 e. The molecule has 0 bridgehead atoms. The van der Waals surface area contributed by atoms with Crippen molar-refractivity contribution < 1.29 is 22.7 Å². The second-order valence-electron chi connectivity index (χ2n) is 5.67. The van der Waals surface area contributed by atoms with Crippen LogP contribution in [0.2, 0.25) is 0 Å². The van der Waals surface area contributed by atoms with Crippen molar-refractivity contribution in [1.82, 2.24) is 0 Å². The fourth-order valence-corrected chi connectivity index (χ4v) is 4.25. The smallest absolute Gasteiger partial charge is 0.344 e. The third kappa shape index (κ3) is 4.14. The summed E-state index contributed by atoms with van der Waals surface area (Å²) in [4.78, 5) is 11.9. The zero-order valence-electron chi connectivity index (χ0n) is 13.1. The average Bonchev–Trinajstić information content (AvgIpc) is 2.92. The molecule has 2 aromatic rings. The molecule has 5 nitrogen and oxygen atoms in total. The van der Waals surface area contributed by atoms with Crippen LogP contribution < -0.4 is 4.74 Å². The van der Waals surface area contributed by atoms with Crippen molar-refractivity contribution in [1.29, 1.82) is 0 Å². The van der Waals surface area contributed by atoms with Crippen molar-refractivity contribution in [3.8, 4) is 16.9 Å². The molecule has 0 spiro atoms. The molecule has 0 aromatic heterocycles.